The summed E-state index contributed by atoms with van der Waals surface area (Å²) < 4.78 is 4.98. The molecule has 1 fully saturated rings. The molecule has 0 aromatic carbocycles. The minimum absolute atomic E-state index is 0.619. The van der Waals surface area contributed by atoms with Gasteiger partial charge in [-0.05, 0) is 6.42 Å². The lowest BCUT2D eigenvalue weighted by molar-refractivity contribution is 0.179. The minimum atomic E-state index is 0.619. The van der Waals surface area contributed by atoms with Crippen molar-refractivity contribution < 1.29 is 4.74 Å². The highest BCUT2D eigenvalue weighted by atomic mass is 16.5. The fourth-order valence-electron chi connectivity index (χ4n) is 1.18. The van der Waals surface area contributed by atoms with E-state index in [-0.39, 0.29) is 0 Å². The van der Waals surface area contributed by atoms with Gasteiger partial charge in [-0.3, -0.25) is 0 Å². The van der Waals surface area contributed by atoms with Gasteiger partial charge in [0.2, 0.25) is 0 Å². The molecule has 0 radical (unpaired) electrons. The number of rotatable bonds is 3. The molecule has 0 saturated carbocycles. The van der Waals surface area contributed by atoms with Gasteiger partial charge in [0.25, 0.3) is 0 Å². The molecule has 3 nitrogen and oxygen atoms in total. The van der Waals surface area contributed by atoms with E-state index in [1.165, 1.54) is 0 Å². The predicted octanol–water partition coefficient (Wildman–Crippen LogP) is 1.64. The Morgan fingerprint density at radius 1 is 1.14 bits per heavy atom. The van der Waals surface area contributed by atoms with Crippen LogP contribution >= 0.6 is 0 Å². The van der Waals surface area contributed by atoms with Gasteiger partial charge in [-0.2, -0.15) is 0 Å². The SMILES string of the molecule is CC.CC.COCCC1CNCCN1. The first-order chi connectivity index (χ1) is 6.93. The zero-order valence-corrected chi connectivity index (χ0v) is 10.5. The Hall–Kier alpha value is -0.120. The van der Waals surface area contributed by atoms with E-state index >= 15 is 0 Å². The topological polar surface area (TPSA) is 33.3 Å². The lowest BCUT2D eigenvalue weighted by Gasteiger charge is -2.23. The third-order valence-electron chi connectivity index (χ3n) is 1.80. The van der Waals surface area contributed by atoms with Crippen LogP contribution in [0.2, 0.25) is 0 Å². The molecule has 0 bridgehead atoms. The average molecular weight is 204 g/mol. The quantitative estimate of drug-likeness (QED) is 0.733. The number of hydrogen-bond acceptors (Lipinski definition) is 3. The van der Waals surface area contributed by atoms with Crippen molar-refractivity contribution in [3.8, 4) is 0 Å². The smallest absolute Gasteiger partial charge is 0.0477 e. The predicted molar refractivity (Wildman–Crippen MR) is 63.8 cm³/mol. The van der Waals surface area contributed by atoms with E-state index in [2.05, 4.69) is 10.6 Å². The maximum atomic E-state index is 4.98. The molecule has 1 aliphatic heterocycles. The second-order valence-electron chi connectivity index (χ2n) is 2.64. The van der Waals surface area contributed by atoms with Gasteiger partial charge in [0.1, 0.15) is 0 Å². The summed E-state index contributed by atoms with van der Waals surface area (Å²) in [5.74, 6) is 0. The number of nitrogens with one attached hydrogen (secondary N) is 2. The molecular formula is C11H28N2O. The first kappa shape index (κ1) is 16.3. The maximum Gasteiger partial charge on any atom is 0.0477 e. The largest absolute Gasteiger partial charge is 0.385 e. The highest BCUT2D eigenvalue weighted by Crippen LogP contribution is 1.93. The van der Waals surface area contributed by atoms with Crippen molar-refractivity contribution >= 4 is 0 Å². The van der Waals surface area contributed by atoms with Gasteiger partial charge in [0, 0.05) is 39.4 Å². The summed E-state index contributed by atoms with van der Waals surface area (Å²) >= 11 is 0. The summed E-state index contributed by atoms with van der Waals surface area (Å²) in [5.41, 5.74) is 0. The zero-order valence-electron chi connectivity index (χ0n) is 10.5. The summed E-state index contributed by atoms with van der Waals surface area (Å²) in [5, 5.41) is 6.74. The molecule has 3 heteroatoms. The molecule has 1 heterocycles. The Morgan fingerprint density at radius 2 is 1.79 bits per heavy atom. The summed E-state index contributed by atoms with van der Waals surface area (Å²) in [7, 11) is 1.75. The lowest BCUT2D eigenvalue weighted by Crippen LogP contribution is -2.48. The first-order valence-electron chi connectivity index (χ1n) is 5.86. The van der Waals surface area contributed by atoms with Gasteiger partial charge < -0.3 is 15.4 Å². The fourth-order valence-corrected chi connectivity index (χ4v) is 1.18. The van der Waals surface area contributed by atoms with Crippen LogP contribution in [0.1, 0.15) is 34.1 Å². The van der Waals surface area contributed by atoms with Gasteiger partial charge in [0.05, 0.1) is 0 Å². The monoisotopic (exact) mass is 204 g/mol. The summed E-state index contributed by atoms with van der Waals surface area (Å²) in [4.78, 5) is 0. The molecule has 1 unspecified atom stereocenters. The number of piperazine rings is 1. The van der Waals surface area contributed by atoms with Crippen molar-refractivity contribution in [3.63, 3.8) is 0 Å². The van der Waals surface area contributed by atoms with E-state index in [1.54, 1.807) is 7.11 Å². The molecule has 0 amide bonds. The van der Waals surface area contributed by atoms with Crippen LogP contribution < -0.4 is 10.6 Å². The van der Waals surface area contributed by atoms with Gasteiger partial charge in [-0.15, -0.1) is 0 Å². The summed E-state index contributed by atoms with van der Waals surface area (Å²) in [6.07, 6.45) is 1.11. The standard InChI is InChI=1S/C7H16N2O.2C2H6/c1-10-5-2-7-6-8-3-4-9-7;2*1-2/h7-9H,2-6H2,1H3;2*1-2H3. The second kappa shape index (κ2) is 15.4. The summed E-state index contributed by atoms with van der Waals surface area (Å²) in [6, 6.07) is 0.619. The maximum absolute atomic E-state index is 4.98. The Balaban J connectivity index is 0. The van der Waals surface area contributed by atoms with Crippen LogP contribution in [0.15, 0.2) is 0 Å². The third-order valence-corrected chi connectivity index (χ3v) is 1.80. The van der Waals surface area contributed by atoms with Crippen molar-refractivity contribution in [2.24, 2.45) is 0 Å². The Bertz CT molecular complexity index is 83.4. The highest BCUT2D eigenvalue weighted by Gasteiger charge is 2.10. The third kappa shape index (κ3) is 9.96. The molecule has 1 rings (SSSR count). The van der Waals surface area contributed by atoms with Crippen LogP contribution in [0, 0.1) is 0 Å². The van der Waals surface area contributed by atoms with Crippen molar-refractivity contribution in [2.45, 2.75) is 40.2 Å². The summed E-state index contributed by atoms with van der Waals surface area (Å²) in [6.45, 7) is 12.1. The van der Waals surface area contributed by atoms with E-state index in [1.807, 2.05) is 27.7 Å². The minimum Gasteiger partial charge on any atom is -0.385 e. The van der Waals surface area contributed by atoms with E-state index < -0.39 is 0 Å². The van der Waals surface area contributed by atoms with Crippen molar-refractivity contribution in [1.29, 1.82) is 0 Å². The van der Waals surface area contributed by atoms with Crippen molar-refractivity contribution in [1.82, 2.24) is 10.6 Å². The van der Waals surface area contributed by atoms with Crippen LogP contribution in [0.5, 0.6) is 0 Å². The molecule has 1 saturated heterocycles. The van der Waals surface area contributed by atoms with E-state index in [0.717, 1.165) is 32.7 Å². The van der Waals surface area contributed by atoms with Crippen LogP contribution in [-0.4, -0.2) is 39.4 Å². The molecule has 0 aliphatic carbocycles. The van der Waals surface area contributed by atoms with Gasteiger partial charge >= 0.3 is 0 Å². The molecule has 0 aromatic rings. The second-order valence-corrected chi connectivity index (χ2v) is 2.64. The van der Waals surface area contributed by atoms with Crippen LogP contribution in [-0.2, 0) is 4.74 Å². The molecule has 88 valence electrons. The average Bonchev–Trinajstić information content (AvgIpc) is 2.33. The number of ether oxygens (including phenoxy) is 1. The van der Waals surface area contributed by atoms with E-state index in [4.69, 9.17) is 4.74 Å². The van der Waals surface area contributed by atoms with Crippen LogP contribution in [0.4, 0.5) is 0 Å². The molecule has 0 spiro atoms. The van der Waals surface area contributed by atoms with Gasteiger partial charge in [-0.25, -0.2) is 0 Å². The number of methoxy groups -OCH3 is 1. The molecule has 2 N–H and O–H groups in total. The molecule has 1 aliphatic rings. The van der Waals surface area contributed by atoms with Gasteiger partial charge in [-0.1, -0.05) is 27.7 Å². The van der Waals surface area contributed by atoms with Crippen molar-refractivity contribution in [3.05, 3.63) is 0 Å². The van der Waals surface area contributed by atoms with E-state index in [9.17, 15) is 0 Å². The van der Waals surface area contributed by atoms with E-state index in [0.29, 0.717) is 6.04 Å². The lowest BCUT2D eigenvalue weighted by atomic mass is 10.2. The molecular weight excluding hydrogens is 176 g/mol. The highest BCUT2D eigenvalue weighted by molar-refractivity contribution is 4.74. The Kier molecular flexibility index (Phi) is 17.9. The molecule has 0 aromatic heterocycles. The van der Waals surface area contributed by atoms with Gasteiger partial charge in [0.15, 0.2) is 0 Å². The number of hydrogen-bond donors (Lipinski definition) is 2. The fraction of sp³-hybridized carbons (Fsp3) is 1.00. The zero-order chi connectivity index (χ0) is 11.2. The molecule has 14 heavy (non-hydrogen) atoms. The Labute approximate surface area is 89.6 Å². The van der Waals surface area contributed by atoms with Crippen LogP contribution in [0.25, 0.3) is 0 Å². The van der Waals surface area contributed by atoms with Crippen LogP contribution in [0.3, 0.4) is 0 Å². The first-order valence-corrected chi connectivity index (χ1v) is 5.86. The van der Waals surface area contributed by atoms with Crippen molar-refractivity contribution in [2.75, 3.05) is 33.4 Å². The normalized spacial score (nSPS) is 19.9. The Morgan fingerprint density at radius 3 is 2.21 bits per heavy atom. The molecule has 1 atom stereocenters.